The summed E-state index contributed by atoms with van der Waals surface area (Å²) in [4.78, 5) is 0. The van der Waals surface area contributed by atoms with Crippen molar-refractivity contribution >= 4 is 6.08 Å². The van der Waals surface area contributed by atoms with E-state index >= 15 is 0 Å². The van der Waals surface area contributed by atoms with Gasteiger partial charge < -0.3 is 9.47 Å². The first-order chi connectivity index (χ1) is 9.97. The second-order valence-corrected chi connectivity index (χ2v) is 6.43. The Bertz CT molecular complexity index is 553. The molecule has 21 heavy (non-hydrogen) atoms. The standard InChI is InChI=1S/C19H26O2/c1-14-7-6-12-19(2,3)16(14)10-8-15-9-11-17(20-4)18(13-15)21-5/h7-11,13,16H,6,12H2,1-5H3. The second-order valence-electron chi connectivity index (χ2n) is 6.43. The average molecular weight is 286 g/mol. The fraction of sp³-hybridized carbons (Fsp3) is 0.474. The van der Waals surface area contributed by atoms with Crippen molar-refractivity contribution in [3.63, 3.8) is 0 Å². The Balaban J connectivity index is 2.24. The molecule has 0 heterocycles. The van der Waals surface area contributed by atoms with Crippen LogP contribution >= 0.6 is 0 Å². The number of benzene rings is 1. The molecule has 0 saturated carbocycles. The van der Waals surface area contributed by atoms with Gasteiger partial charge in [0.05, 0.1) is 14.2 Å². The zero-order chi connectivity index (χ0) is 15.5. The molecule has 0 fully saturated rings. The molecular formula is C19H26O2. The van der Waals surface area contributed by atoms with Crippen LogP contribution in [0.3, 0.4) is 0 Å². The zero-order valence-corrected chi connectivity index (χ0v) is 13.8. The van der Waals surface area contributed by atoms with E-state index in [-0.39, 0.29) is 0 Å². The van der Waals surface area contributed by atoms with Gasteiger partial charge in [-0.3, -0.25) is 0 Å². The number of allylic oxidation sites excluding steroid dienone is 3. The second kappa shape index (κ2) is 6.38. The molecule has 0 N–H and O–H groups in total. The maximum absolute atomic E-state index is 5.36. The Hall–Kier alpha value is -1.70. The van der Waals surface area contributed by atoms with Gasteiger partial charge in [0.2, 0.25) is 0 Å². The predicted octanol–water partition coefficient (Wildman–Crippen LogP) is 5.10. The van der Waals surface area contributed by atoms with Crippen LogP contribution in [0.4, 0.5) is 0 Å². The van der Waals surface area contributed by atoms with Crippen LogP contribution in [0, 0.1) is 11.3 Å². The first kappa shape index (κ1) is 15.7. The maximum Gasteiger partial charge on any atom is 0.161 e. The molecule has 0 aromatic heterocycles. The summed E-state index contributed by atoms with van der Waals surface area (Å²) in [5.74, 6) is 2.04. The molecule has 0 radical (unpaired) electrons. The molecule has 0 bridgehead atoms. The van der Waals surface area contributed by atoms with E-state index in [4.69, 9.17) is 9.47 Å². The van der Waals surface area contributed by atoms with Gasteiger partial charge in [0.1, 0.15) is 0 Å². The van der Waals surface area contributed by atoms with E-state index in [2.05, 4.69) is 45.1 Å². The van der Waals surface area contributed by atoms with Gasteiger partial charge >= 0.3 is 0 Å². The van der Waals surface area contributed by atoms with Crippen molar-refractivity contribution in [2.45, 2.75) is 33.6 Å². The van der Waals surface area contributed by atoms with Crippen molar-refractivity contribution in [2.24, 2.45) is 11.3 Å². The van der Waals surface area contributed by atoms with E-state index < -0.39 is 0 Å². The molecule has 0 saturated heterocycles. The molecule has 0 amide bonds. The van der Waals surface area contributed by atoms with Gasteiger partial charge in [-0.1, -0.05) is 43.7 Å². The van der Waals surface area contributed by atoms with E-state index in [0.717, 1.165) is 17.1 Å². The van der Waals surface area contributed by atoms with Crippen molar-refractivity contribution in [1.29, 1.82) is 0 Å². The van der Waals surface area contributed by atoms with Gasteiger partial charge in [-0.2, -0.15) is 0 Å². The molecule has 1 atom stereocenters. The fourth-order valence-electron chi connectivity index (χ4n) is 3.15. The maximum atomic E-state index is 5.36. The van der Waals surface area contributed by atoms with E-state index in [1.807, 2.05) is 12.1 Å². The SMILES string of the molecule is COc1ccc(C=CC2C(C)=CCCC2(C)C)cc1OC. The van der Waals surface area contributed by atoms with E-state index in [0.29, 0.717) is 11.3 Å². The van der Waals surface area contributed by atoms with Gasteiger partial charge in [0.15, 0.2) is 11.5 Å². The Morgan fingerprint density at radius 2 is 1.86 bits per heavy atom. The van der Waals surface area contributed by atoms with Gasteiger partial charge in [-0.25, -0.2) is 0 Å². The minimum atomic E-state index is 0.325. The average Bonchev–Trinajstić information content (AvgIpc) is 2.45. The Morgan fingerprint density at radius 3 is 2.48 bits per heavy atom. The number of ether oxygens (including phenoxy) is 2. The van der Waals surface area contributed by atoms with E-state index in [1.54, 1.807) is 14.2 Å². The van der Waals surface area contributed by atoms with Crippen LogP contribution in [0.25, 0.3) is 6.08 Å². The van der Waals surface area contributed by atoms with Crippen LogP contribution in [0.2, 0.25) is 0 Å². The molecule has 1 aliphatic rings. The Labute approximate surface area is 128 Å². The highest BCUT2D eigenvalue weighted by Crippen LogP contribution is 2.42. The highest BCUT2D eigenvalue weighted by Gasteiger charge is 2.30. The topological polar surface area (TPSA) is 18.5 Å². The molecular weight excluding hydrogens is 260 g/mol. The van der Waals surface area contributed by atoms with Crippen LogP contribution in [0.1, 0.15) is 39.2 Å². The third-order valence-corrected chi connectivity index (χ3v) is 4.48. The number of hydrogen-bond acceptors (Lipinski definition) is 2. The van der Waals surface area contributed by atoms with E-state index in [9.17, 15) is 0 Å². The van der Waals surface area contributed by atoms with Crippen molar-refractivity contribution in [1.82, 2.24) is 0 Å². The van der Waals surface area contributed by atoms with Crippen molar-refractivity contribution in [2.75, 3.05) is 14.2 Å². The number of methoxy groups -OCH3 is 2. The Morgan fingerprint density at radius 1 is 1.14 bits per heavy atom. The molecule has 1 aliphatic carbocycles. The summed E-state index contributed by atoms with van der Waals surface area (Å²) >= 11 is 0. The molecule has 1 aromatic rings. The summed E-state index contributed by atoms with van der Waals surface area (Å²) in [5.41, 5.74) is 2.94. The third-order valence-electron chi connectivity index (χ3n) is 4.48. The van der Waals surface area contributed by atoms with Crippen molar-refractivity contribution in [3.8, 4) is 11.5 Å². The molecule has 1 aromatic carbocycles. The predicted molar refractivity (Wildman–Crippen MR) is 88.8 cm³/mol. The number of hydrogen-bond donors (Lipinski definition) is 0. The monoisotopic (exact) mass is 286 g/mol. The highest BCUT2D eigenvalue weighted by atomic mass is 16.5. The molecule has 0 spiro atoms. The van der Waals surface area contributed by atoms with Crippen LogP contribution < -0.4 is 9.47 Å². The molecule has 1 unspecified atom stereocenters. The minimum Gasteiger partial charge on any atom is -0.493 e. The van der Waals surface area contributed by atoms with Crippen LogP contribution in [0.5, 0.6) is 11.5 Å². The lowest BCUT2D eigenvalue weighted by molar-refractivity contribution is 0.256. The van der Waals surface area contributed by atoms with Gasteiger partial charge in [-0.15, -0.1) is 0 Å². The van der Waals surface area contributed by atoms with Crippen LogP contribution in [-0.4, -0.2) is 14.2 Å². The largest absolute Gasteiger partial charge is 0.493 e. The lowest BCUT2D eigenvalue weighted by Crippen LogP contribution is -2.26. The zero-order valence-electron chi connectivity index (χ0n) is 13.8. The van der Waals surface area contributed by atoms with Gasteiger partial charge in [0.25, 0.3) is 0 Å². The first-order valence-electron chi connectivity index (χ1n) is 7.55. The summed E-state index contributed by atoms with van der Waals surface area (Å²) in [6, 6.07) is 6.03. The van der Waals surface area contributed by atoms with Gasteiger partial charge in [0, 0.05) is 5.92 Å². The van der Waals surface area contributed by atoms with Crippen LogP contribution in [-0.2, 0) is 0 Å². The Kier molecular flexibility index (Phi) is 4.76. The first-order valence-corrected chi connectivity index (χ1v) is 7.55. The fourth-order valence-corrected chi connectivity index (χ4v) is 3.15. The van der Waals surface area contributed by atoms with Crippen molar-refractivity contribution < 1.29 is 9.47 Å². The van der Waals surface area contributed by atoms with E-state index in [1.165, 1.54) is 18.4 Å². The molecule has 2 nitrogen and oxygen atoms in total. The molecule has 114 valence electrons. The minimum absolute atomic E-state index is 0.325. The molecule has 2 heteroatoms. The molecule has 0 aliphatic heterocycles. The highest BCUT2D eigenvalue weighted by molar-refractivity contribution is 5.56. The normalized spacial score (nSPS) is 21.2. The smallest absolute Gasteiger partial charge is 0.161 e. The molecule has 2 rings (SSSR count). The van der Waals surface area contributed by atoms with Gasteiger partial charge in [-0.05, 0) is 42.9 Å². The summed E-state index contributed by atoms with van der Waals surface area (Å²) in [7, 11) is 3.33. The lowest BCUT2D eigenvalue weighted by atomic mass is 9.68. The summed E-state index contributed by atoms with van der Waals surface area (Å²) in [6.45, 7) is 6.95. The number of rotatable bonds is 4. The van der Waals surface area contributed by atoms with Crippen molar-refractivity contribution in [3.05, 3.63) is 41.5 Å². The third kappa shape index (κ3) is 3.49. The summed E-state index contributed by atoms with van der Waals surface area (Å²) < 4.78 is 10.6. The van der Waals surface area contributed by atoms with Crippen LogP contribution in [0.15, 0.2) is 35.9 Å². The summed E-state index contributed by atoms with van der Waals surface area (Å²) in [5, 5.41) is 0. The summed E-state index contributed by atoms with van der Waals surface area (Å²) in [6.07, 6.45) is 9.32. The quantitative estimate of drug-likeness (QED) is 0.717. The lowest BCUT2D eigenvalue weighted by Gasteiger charge is -2.36.